The van der Waals surface area contributed by atoms with Crippen LogP contribution >= 0.6 is 11.6 Å². The zero-order chi connectivity index (χ0) is 14.4. The number of fused-ring (bicyclic) bond motifs is 2. The molecule has 0 bridgehead atoms. The first-order chi connectivity index (χ1) is 10.2. The van der Waals surface area contributed by atoms with E-state index in [0.29, 0.717) is 0 Å². The summed E-state index contributed by atoms with van der Waals surface area (Å²) >= 11 is 6.52. The van der Waals surface area contributed by atoms with Crippen molar-refractivity contribution in [3.05, 3.63) is 47.9 Å². The van der Waals surface area contributed by atoms with Gasteiger partial charge in [0.2, 0.25) is 0 Å². The molecule has 0 amide bonds. The lowest BCUT2D eigenvalue weighted by atomic mass is 10.1. The molecule has 4 rings (SSSR count). The van der Waals surface area contributed by atoms with Crippen LogP contribution in [0.5, 0.6) is 0 Å². The molecule has 2 atom stereocenters. The fraction of sp³-hybridized carbons (Fsp3) is 0.267. The van der Waals surface area contributed by atoms with Gasteiger partial charge in [-0.1, -0.05) is 24.3 Å². The highest BCUT2D eigenvalue weighted by molar-refractivity contribution is 6.21. The van der Waals surface area contributed by atoms with Crippen LogP contribution in [0.25, 0.3) is 11.0 Å². The quantitative estimate of drug-likeness (QED) is 0.739. The normalized spacial score (nSPS) is 20.7. The van der Waals surface area contributed by atoms with Crippen molar-refractivity contribution in [1.29, 1.82) is 0 Å². The number of halogens is 1. The Morgan fingerprint density at radius 1 is 1.29 bits per heavy atom. The van der Waals surface area contributed by atoms with Crippen molar-refractivity contribution in [2.45, 2.75) is 17.8 Å². The molecule has 0 aliphatic heterocycles. The molecular formula is C15H14ClN5. The van der Waals surface area contributed by atoms with Gasteiger partial charge in [0.05, 0.1) is 23.0 Å². The number of aryl methyl sites for hydroxylation is 1. The van der Waals surface area contributed by atoms with Crippen molar-refractivity contribution in [3.8, 4) is 0 Å². The lowest BCUT2D eigenvalue weighted by Gasteiger charge is -2.18. The van der Waals surface area contributed by atoms with Gasteiger partial charge in [0.25, 0.3) is 0 Å². The van der Waals surface area contributed by atoms with Crippen molar-refractivity contribution < 1.29 is 0 Å². The van der Waals surface area contributed by atoms with E-state index in [0.717, 1.165) is 23.3 Å². The SMILES string of the molecule is Cn1ncc2c(NC3c4ccccc4CC3Cl)ncnc21. The summed E-state index contributed by atoms with van der Waals surface area (Å²) in [6, 6.07) is 8.40. The first-order valence-corrected chi connectivity index (χ1v) is 7.29. The maximum absolute atomic E-state index is 6.52. The van der Waals surface area contributed by atoms with Gasteiger partial charge >= 0.3 is 0 Å². The second-order valence-corrected chi connectivity index (χ2v) is 5.83. The molecule has 5 nitrogen and oxygen atoms in total. The number of benzene rings is 1. The number of rotatable bonds is 2. The van der Waals surface area contributed by atoms with Gasteiger partial charge in [0.15, 0.2) is 5.65 Å². The summed E-state index contributed by atoms with van der Waals surface area (Å²) in [7, 11) is 1.87. The van der Waals surface area contributed by atoms with E-state index in [1.807, 2.05) is 13.1 Å². The largest absolute Gasteiger partial charge is 0.361 e. The molecule has 106 valence electrons. The van der Waals surface area contributed by atoms with E-state index < -0.39 is 0 Å². The van der Waals surface area contributed by atoms with Crippen molar-refractivity contribution in [3.63, 3.8) is 0 Å². The Morgan fingerprint density at radius 2 is 2.14 bits per heavy atom. The predicted octanol–water partition coefficient (Wildman–Crippen LogP) is 2.68. The fourth-order valence-electron chi connectivity index (χ4n) is 2.94. The van der Waals surface area contributed by atoms with Gasteiger partial charge in [-0.15, -0.1) is 11.6 Å². The van der Waals surface area contributed by atoms with Crippen molar-refractivity contribution in [1.82, 2.24) is 19.7 Å². The van der Waals surface area contributed by atoms with Crippen LogP contribution in [-0.2, 0) is 13.5 Å². The first-order valence-electron chi connectivity index (χ1n) is 6.85. The van der Waals surface area contributed by atoms with E-state index in [1.54, 1.807) is 17.2 Å². The van der Waals surface area contributed by atoms with Crippen molar-refractivity contribution >= 4 is 28.5 Å². The molecular weight excluding hydrogens is 286 g/mol. The second kappa shape index (κ2) is 4.70. The fourth-order valence-corrected chi connectivity index (χ4v) is 3.30. The minimum atomic E-state index is 0.0177. The molecule has 3 aromatic rings. The minimum absolute atomic E-state index is 0.0177. The summed E-state index contributed by atoms with van der Waals surface area (Å²) in [4.78, 5) is 8.61. The van der Waals surface area contributed by atoms with Gasteiger partial charge in [-0.3, -0.25) is 4.68 Å². The molecule has 2 unspecified atom stereocenters. The smallest absolute Gasteiger partial charge is 0.163 e. The van der Waals surface area contributed by atoms with E-state index in [1.165, 1.54) is 11.1 Å². The molecule has 0 spiro atoms. The van der Waals surface area contributed by atoms with E-state index in [2.05, 4.69) is 38.6 Å². The number of hydrogen-bond donors (Lipinski definition) is 1. The lowest BCUT2D eigenvalue weighted by molar-refractivity contribution is 0.767. The van der Waals surface area contributed by atoms with Crippen molar-refractivity contribution in [2.24, 2.45) is 7.05 Å². The molecule has 1 aliphatic rings. The van der Waals surface area contributed by atoms with Gasteiger partial charge in [-0.05, 0) is 17.5 Å². The lowest BCUT2D eigenvalue weighted by Crippen LogP contribution is -2.17. The summed E-state index contributed by atoms with van der Waals surface area (Å²) in [5.74, 6) is 0.778. The number of nitrogens with one attached hydrogen (secondary N) is 1. The summed E-state index contributed by atoms with van der Waals surface area (Å²) in [5, 5.41) is 8.63. The Kier molecular flexibility index (Phi) is 2.82. The molecule has 6 heteroatoms. The highest BCUT2D eigenvalue weighted by atomic mass is 35.5. The summed E-state index contributed by atoms with van der Waals surface area (Å²) < 4.78 is 1.74. The first kappa shape index (κ1) is 12.6. The maximum Gasteiger partial charge on any atom is 0.163 e. The third-order valence-corrected chi connectivity index (χ3v) is 4.39. The number of anilines is 1. The van der Waals surface area contributed by atoms with E-state index in [9.17, 15) is 0 Å². The molecule has 0 saturated carbocycles. The van der Waals surface area contributed by atoms with Crippen LogP contribution in [-0.4, -0.2) is 25.1 Å². The van der Waals surface area contributed by atoms with Crippen LogP contribution in [0.1, 0.15) is 17.2 Å². The molecule has 2 aromatic heterocycles. The number of hydrogen-bond acceptors (Lipinski definition) is 4. The van der Waals surface area contributed by atoms with Gasteiger partial charge < -0.3 is 5.32 Å². The minimum Gasteiger partial charge on any atom is -0.361 e. The van der Waals surface area contributed by atoms with Crippen LogP contribution in [0.15, 0.2) is 36.8 Å². The molecule has 2 heterocycles. The van der Waals surface area contributed by atoms with Gasteiger partial charge in [0.1, 0.15) is 12.1 Å². The standard InChI is InChI=1S/C15H14ClN5/c1-21-15-11(7-19-21)14(17-8-18-15)20-13-10-5-3-2-4-9(10)6-12(13)16/h2-5,7-8,12-13H,6H2,1H3,(H,17,18,20). The van der Waals surface area contributed by atoms with Gasteiger partial charge in [-0.2, -0.15) is 5.10 Å². The third-order valence-electron chi connectivity index (χ3n) is 3.99. The summed E-state index contributed by atoms with van der Waals surface area (Å²) in [5.41, 5.74) is 3.35. The topological polar surface area (TPSA) is 55.6 Å². The molecule has 1 N–H and O–H groups in total. The zero-order valence-electron chi connectivity index (χ0n) is 11.5. The zero-order valence-corrected chi connectivity index (χ0v) is 12.2. The van der Waals surface area contributed by atoms with E-state index in [4.69, 9.17) is 11.6 Å². The second-order valence-electron chi connectivity index (χ2n) is 5.27. The molecule has 0 saturated heterocycles. The van der Waals surface area contributed by atoms with Crippen LogP contribution in [0, 0.1) is 0 Å². The van der Waals surface area contributed by atoms with Crippen LogP contribution < -0.4 is 5.32 Å². The predicted molar refractivity (Wildman–Crippen MR) is 82.5 cm³/mol. The number of nitrogens with zero attached hydrogens (tertiary/aromatic N) is 4. The number of alkyl halides is 1. The van der Waals surface area contributed by atoms with Crippen LogP contribution in [0.4, 0.5) is 5.82 Å². The molecule has 1 aromatic carbocycles. The molecule has 21 heavy (non-hydrogen) atoms. The highest BCUT2D eigenvalue weighted by Crippen LogP contribution is 2.37. The summed E-state index contributed by atoms with van der Waals surface area (Å²) in [6.07, 6.45) is 4.20. The Morgan fingerprint density at radius 3 is 3.05 bits per heavy atom. The van der Waals surface area contributed by atoms with Crippen molar-refractivity contribution in [2.75, 3.05) is 5.32 Å². The van der Waals surface area contributed by atoms with Crippen LogP contribution in [0.2, 0.25) is 0 Å². The third kappa shape index (κ3) is 1.96. The van der Waals surface area contributed by atoms with Gasteiger partial charge in [-0.25, -0.2) is 9.97 Å². The Hall–Kier alpha value is -2.14. The molecule has 0 fully saturated rings. The Labute approximate surface area is 127 Å². The Bertz CT molecular complexity index is 813. The molecule has 1 aliphatic carbocycles. The average Bonchev–Trinajstić information content (AvgIpc) is 3.02. The summed E-state index contributed by atoms with van der Waals surface area (Å²) in [6.45, 7) is 0. The monoisotopic (exact) mass is 299 g/mol. The highest BCUT2D eigenvalue weighted by Gasteiger charge is 2.31. The average molecular weight is 300 g/mol. The van der Waals surface area contributed by atoms with Gasteiger partial charge in [0, 0.05) is 7.05 Å². The van der Waals surface area contributed by atoms with E-state index >= 15 is 0 Å². The Balaban J connectivity index is 1.75. The van der Waals surface area contributed by atoms with E-state index in [-0.39, 0.29) is 11.4 Å². The van der Waals surface area contributed by atoms with Crippen LogP contribution in [0.3, 0.4) is 0 Å². The molecule has 0 radical (unpaired) electrons. The maximum atomic E-state index is 6.52. The number of aromatic nitrogens is 4.